The third-order valence-corrected chi connectivity index (χ3v) is 4.01. The number of carbonyl (C=O) groups excluding carboxylic acids is 1. The zero-order valence-corrected chi connectivity index (χ0v) is 9.45. The highest BCUT2D eigenvalue weighted by Crippen LogP contribution is 2.47. The Kier molecular flexibility index (Phi) is 3.46. The monoisotopic (exact) mass is 225 g/mol. The Bertz CT molecular complexity index is 290. The summed E-state index contributed by atoms with van der Waals surface area (Å²) in [7, 11) is 0. The van der Waals surface area contributed by atoms with Gasteiger partial charge in [-0.2, -0.15) is 0 Å². The molecule has 90 valence electrons. The Labute approximate surface area is 95.4 Å². The molecule has 4 nitrogen and oxygen atoms in total. The minimum absolute atomic E-state index is 0.0669. The van der Waals surface area contributed by atoms with Crippen LogP contribution < -0.4 is 5.32 Å². The van der Waals surface area contributed by atoms with Crippen molar-refractivity contribution in [3.63, 3.8) is 0 Å². The summed E-state index contributed by atoms with van der Waals surface area (Å²) >= 11 is 0. The van der Waals surface area contributed by atoms with Crippen LogP contribution in [0.2, 0.25) is 0 Å². The van der Waals surface area contributed by atoms with Crippen molar-refractivity contribution in [3.05, 3.63) is 0 Å². The van der Waals surface area contributed by atoms with Crippen molar-refractivity contribution >= 4 is 11.9 Å². The van der Waals surface area contributed by atoms with Crippen LogP contribution in [0.1, 0.15) is 38.5 Å². The van der Waals surface area contributed by atoms with Gasteiger partial charge in [0.1, 0.15) is 0 Å². The van der Waals surface area contributed by atoms with Crippen molar-refractivity contribution in [2.45, 2.75) is 38.5 Å². The van der Waals surface area contributed by atoms with Crippen LogP contribution >= 0.6 is 0 Å². The molecular weight excluding hydrogens is 206 g/mol. The average Bonchev–Trinajstić information content (AvgIpc) is 2.84. The summed E-state index contributed by atoms with van der Waals surface area (Å²) < 4.78 is 0. The Balaban J connectivity index is 1.64. The van der Waals surface area contributed by atoms with Gasteiger partial charge in [0.2, 0.25) is 5.91 Å². The lowest BCUT2D eigenvalue weighted by Crippen LogP contribution is -2.31. The standard InChI is InChI=1S/C12H19NO3/c14-11(3-4-12(15)16)13-7-10-6-8-1-2-9(10)5-8/h8-10H,1-7H2,(H,13,14)(H,15,16). The van der Waals surface area contributed by atoms with Crippen LogP contribution in [0.25, 0.3) is 0 Å². The topological polar surface area (TPSA) is 66.4 Å². The molecule has 2 fully saturated rings. The van der Waals surface area contributed by atoms with Crippen LogP contribution in [-0.4, -0.2) is 23.5 Å². The van der Waals surface area contributed by atoms with Gasteiger partial charge in [-0.25, -0.2) is 0 Å². The fourth-order valence-electron chi connectivity index (χ4n) is 3.18. The number of aliphatic carboxylic acids is 1. The molecule has 0 aliphatic heterocycles. The maximum atomic E-state index is 11.3. The van der Waals surface area contributed by atoms with E-state index < -0.39 is 5.97 Å². The number of rotatable bonds is 5. The SMILES string of the molecule is O=C(O)CCC(=O)NCC1CC2CCC1C2. The van der Waals surface area contributed by atoms with Crippen molar-refractivity contribution < 1.29 is 14.7 Å². The molecule has 2 N–H and O–H groups in total. The predicted molar refractivity (Wildman–Crippen MR) is 58.8 cm³/mol. The van der Waals surface area contributed by atoms with Crippen LogP contribution in [0, 0.1) is 17.8 Å². The molecule has 0 aromatic carbocycles. The number of carboxylic acid groups (broad SMARTS) is 1. The lowest BCUT2D eigenvalue weighted by Gasteiger charge is -2.21. The molecule has 2 aliphatic carbocycles. The maximum Gasteiger partial charge on any atom is 0.303 e. The zero-order valence-electron chi connectivity index (χ0n) is 9.45. The van der Waals surface area contributed by atoms with Gasteiger partial charge in [0.05, 0.1) is 6.42 Å². The largest absolute Gasteiger partial charge is 0.481 e. The van der Waals surface area contributed by atoms with E-state index in [9.17, 15) is 9.59 Å². The predicted octanol–water partition coefficient (Wildman–Crippen LogP) is 1.40. The van der Waals surface area contributed by atoms with Gasteiger partial charge in [-0.3, -0.25) is 9.59 Å². The first-order valence-corrected chi connectivity index (χ1v) is 6.13. The van der Waals surface area contributed by atoms with Gasteiger partial charge in [0.25, 0.3) is 0 Å². The average molecular weight is 225 g/mol. The summed E-state index contributed by atoms with van der Waals surface area (Å²) in [6, 6.07) is 0. The van der Waals surface area contributed by atoms with Crippen molar-refractivity contribution in [1.29, 1.82) is 0 Å². The van der Waals surface area contributed by atoms with Gasteiger partial charge in [0, 0.05) is 13.0 Å². The Morgan fingerprint density at radius 2 is 2.00 bits per heavy atom. The maximum absolute atomic E-state index is 11.3. The molecule has 1 amide bonds. The highest BCUT2D eigenvalue weighted by Gasteiger charge is 2.39. The van der Waals surface area contributed by atoms with Gasteiger partial charge in [-0.15, -0.1) is 0 Å². The second-order valence-corrected chi connectivity index (χ2v) is 5.13. The third-order valence-electron chi connectivity index (χ3n) is 4.01. The van der Waals surface area contributed by atoms with Crippen molar-refractivity contribution in [2.75, 3.05) is 6.54 Å². The number of carboxylic acids is 1. The van der Waals surface area contributed by atoms with Crippen LogP contribution in [-0.2, 0) is 9.59 Å². The lowest BCUT2D eigenvalue weighted by atomic mass is 9.89. The number of fused-ring (bicyclic) bond motifs is 2. The zero-order chi connectivity index (χ0) is 11.5. The van der Waals surface area contributed by atoms with Crippen LogP contribution in [0.5, 0.6) is 0 Å². The van der Waals surface area contributed by atoms with Crippen LogP contribution in [0.4, 0.5) is 0 Å². The molecule has 0 spiro atoms. The first kappa shape index (κ1) is 11.4. The van der Waals surface area contributed by atoms with Crippen LogP contribution in [0.3, 0.4) is 0 Å². The van der Waals surface area contributed by atoms with E-state index in [1.807, 2.05) is 0 Å². The number of amides is 1. The molecule has 2 aliphatic rings. The minimum atomic E-state index is -0.907. The molecule has 0 aromatic heterocycles. The Morgan fingerprint density at radius 1 is 1.19 bits per heavy atom. The van der Waals surface area contributed by atoms with Crippen molar-refractivity contribution in [1.82, 2.24) is 5.32 Å². The lowest BCUT2D eigenvalue weighted by molar-refractivity contribution is -0.138. The quantitative estimate of drug-likeness (QED) is 0.743. The van der Waals surface area contributed by atoms with E-state index in [0.29, 0.717) is 5.92 Å². The molecule has 3 atom stereocenters. The minimum Gasteiger partial charge on any atom is -0.481 e. The first-order chi connectivity index (χ1) is 7.65. The van der Waals surface area contributed by atoms with Gasteiger partial charge in [0.15, 0.2) is 0 Å². The van der Waals surface area contributed by atoms with Gasteiger partial charge in [-0.1, -0.05) is 6.42 Å². The normalized spacial score (nSPS) is 31.6. The second kappa shape index (κ2) is 4.85. The van der Waals surface area contributed by atoms with E-state index in [2.05, 4.69) is 5.32 Å². The fraction of sp³-hybridized carbons (Fsp3) is 0.833. The van der Waals surface area contributed by atoms with Gasteiger partial charge < -0.3 is 10.4 Å². The molecule has 0 heterocycles. The fourth-order valence-corrected chi connectivity index (χ4v) is 3.18. The molecule has 0 radical (unpaired) electrons. The summed E-state index contributed by atoms with van der Waals surface area (Å²) in [6.07, 6.45) is 5.33. The van der Waals surface area contributed by atoms with Gasteiger partial charge >= 0.3 is 5.97 Å². The summed E-state index contributed by atoms with van der Waals surface area (Å²) in [6.45, 7) is 0.750. The van der Waals surface area contributed by atoms with E-state index >= 15 is 0 Å². The summed E-state index contributed by atoms with van der Waals surface area (Å²) in [4.78, 5) is 21.6. The molecule has 2 rings (SSSR count). The molecular formula is C12H19NO3. The number of hydrogen-bond donors (Lipinski definition) is 2. The first-order valence-electron chi connectivity index (χ1n) is 6.13. The molecule has 3 unspecified atom stereocenters. The molecule has 2 saturated carbocycles. The highest BCUT2D eigenvalue weighted by atomic mass is 16.4. The van der Waals surface area contributed by atoms with E-state index in [1.54, 1.807) is 0 Å². The summed E-state index contributed by atoms with van der Waals surface area (Å²) in [5.74, 6) is 1.32. The molecule has 16 heavy (non-hydrogen) atoms. The van der Waals surface area contributed by atoms with E-state index in [4.69, 9.17) is 5.11 Å². The number of hydrogen-bond acceptors (Lipinski definition) is 2. The van der Waals surface area contributed by atoms with E-state index in [-0.39, 0.29) is 18.7 Å². The number of carbonyl (C=O) groups is 2. The van der Waals surface area contributed by atoms with Crippen molar-refractivity contribution in [2.24, 2.45) is 17.8 Å². The van der Waals surface area contributed by atoms with E-state index in [1.165, 1.54) is 25.7 Å². The smallest absolute Gasteiger partial charge is 0.303 e. The van der Waals surface area contributed by atoms with Crippen LogP contribution in [0.15, 0.2) is 0 Å². The Morgan fingerprint density at radius 3 is 2.56 bits per heavy atom. The molecule has 0 aromatic rings. The summed E-state index contributed by atoms with van der Waals surface area (Å²) in [5.41, 5.74) is 0. The number of nitrogens with one attached hydrogen (secondary N) is 1. The molecule has 0 saturated heterocycles. The van der Waals surface area contributed by atoms with E-state index in [0.717, 1.165) is 18.4 Å². The van der Waals surface area contributed by atoms with Crippen molar-refractivity contribution in [3.8, 4) is 0 Å². The second-order valence-electron chi connectivity index (χ2n) is 5.13. The Hall–Kier alpha value is -1.06. The molecule has 4 heteroatoms. The third kappa shape index (κ3) is 2.74. The highest BCUT2D eigenvalue weighted by molar-refractivity contribution is 5.80. The molecule has 2 bridgehead atoms. The summed E-state index contributed by atoms with van der Waals surface area (Å²) in [5, 5.41) is 11.3. The van der Waals surface area contributed by atoms with Gasteiger partial charge in [-0.05, 0) is 37.0 Å².